The van der Waals surface area contributed by atoms with Crippen LogP contribution < -0.4 is 4.74 Å². The molecule has 1 aromatic heterocycles. The quantitative estimate of drug-likeness (QED) is 0.799. The Morgan fingerprint density at radius 1 is 1.35 bits per heavy atom. The van der Waals surface area contributed by atoms with Gasteiger partial charge >= 0.3 is 6.09 Å². The van der Waals surface area contributed by atoms with Gasteiger partial charge < -0.3 is 9.47 Å². The number of benzene rings is 1. The standard InChI is InChI=1S/C15H16N2O3/c1-15(2,3)20-14(18)17-9-10(8-16)12-6-5-11(19-4)7-13(12)17/h5-7,9H,1-4H3. The second-order valence-corrected chi connectivity index (χ2v) is 5.39. The van der Waals surface area contributed by atoms with Gasteiger partial charge in [0.2, 0.25) is 0 Å². The molecule has 1 heterocycles. The van der Waals surface area contributed by atoms with Crippen molar-refractivity contribution in [2.45, 2.75) is 26.4 Å². The van der Waals surface area contributed by atoms with E-state index < -0.39 is 11.7 Å². The highest BCUT2D eigenvalue weighted by molar-refractivity contribution is 5.94. The van der Waals surface area contributed by atoms with E-state index in [9.17, 15) is 4.79 Å². The largest absolute Gasteiger partial charge is 0.497 e. The first-order valence-electron chi connectivity index (χ1n) is 6.18. The molecule has 0 radical (unpaired) electrons. The lowest BCUT2D eigenvalue weighted by molar-refractivity contribution is 0.0544. The molecular weight excluding hydrogens is 256 g/mol. The van der Waals surface area contributed by atoms with E-state index in [-0.39, 0.29) is 0 Å². The first-order chi connectivity index (χ1) is 9.35. The molecule has 5 heteroatoms. The zero-order valence-corrected chi connectivity index (χ0v) is 11.9. The maximum atomic E-state index is 12.2. The molecule has 1 aromatic carbocycles. The summed E-state index contributed by atoms with van der Waals surface area (Å²) in [7, 11) is 1.55. The van der Waals surface area contributed by atoms with Crippen LogP contribution >= 0.6 is 0 Å². The van der Waals surface area contributed by atoms with Gasteiger partial charge in [0.1, 0.15) is 17.4 Å². The number of fused-ring (bicyclic) bond motifs is 1. The third-order valence-corrected chi connectivity index (χ3v) is 2.72. The summed E-state index contributed by atoms with van der Waals surface area (Å²) in [6.07, 6.45) is 0.968. The van der Waals surface area contributed by atoms with Gasteiger partial charge in [-0.15, -0.1) is 0 Å². The van der Waals surface area contributed by atoms with Crippen molar-refractivity contribution < 1.29 is 14.3 Å². The Kier molecular flexibility index (Phi) is 3.41. The molecular formula is C15H16N2O3. The van der Waals surface area contributed by atoms with Crippen molar-refractivity contribution in [3.05, 3.63) is 30.0 Å². The topological polar surface area (TPSA) is 64.2 Å². The molecule has 5 nitrogen and oxygen atoms in total. The summed E-state index contributed by atoms with van der Waals surface area (Å²) < 4.78 is 11.8. The van der Waals surface area contributed by atoms with E-state index in [4.69, 9.17) is 14.7 Å². The summed E-state index contributed by atoms with van der Waals surface area (Å²) in [4.78, 5) is 12.2. The number of ether oxygens (including phenoxy) is 2. The number of hydrogen-bond acceptors (Lipinski definition) is 4. The number of aromatic nitrogens is 1. The Bertz CT molecular complexity index is 702. The maximum absolute atomic E-state index is 12.2. The highest BCUT2D eigenvalue weighted by Crippen LogP contribution is 2.26. The van der Waals surface area contributed by atoms with Crippen molar-refractivity contribution in [2.24, 2.45) is 0 Å². The van der Waals surface area contributed by atoms with Gasteiger partial charge in [0, 0.05) is 17.6 Å². The van der Waals surface area contributed by atoms with Crippen LogP contribution in [0.4, 0.5) is 4.79 Å². The van der Waals surface area contributed by atoms with Crippen molar-refractivity contribution in [1.82, 2.24) is 4.57 Å². The van der Waals surface area contributed by atoms with E-state index >= 15 is 0 Å². The minimum absolute atomic E-state index is 0.425. The Hall–Kier alpha value is -2.48. The van der Waals surface area contributed by atoms with Crippen LogP contribution in [-0.2, 0) is 4.74 Å². The molecule has 2 aromatic rings. The van der Waals surface area contributed by atoms with Crippen molar-refractivity contribution in [1.29, 1.82) is 5.26 Å². The number of nitrogens with zero attached hydrogens (tertiary/aromatic N) is 2. The third-order valence-electron chi connectivity index (χ3n) is 2.72. The number of hydrogen-bond donors (Lipinski definition) is 0. The second-order valence-electron chi connectivity index (χ2n) is 5.39. The van der Waals surface area contributed by atoms with Crippen LogP contribution in [0.5, 0.6) is 5.75 Å². The predicted octanol–water partition coefficient (Wildman–Crippen LogP) is 3.30. The number of nitriles is 1. The van der Waals surface area contributed by atoms with E-state index in [0.717, 1.165) is 0 Å². The van der Waals surface area contributed by atoms with E-state index in [1.165, 1.54) is 10.8 Å². The first-order valence-corrected chi connectivity index (χ1v) is 6.18. The van der Waals surface area contributed by atoms with Gasteiger partial charge in [-0.3, -0.25) is 4.57 Å². The third kappa shape index (κ3) is 2.59. The lowest BCUT2D eigenvalue weighted by atomic mass is 10.2. The molecule has 0 saturated heterocycles. The molecule has 0 amide bonds. The predicted molar refractivity (Wildman–Crippen MR) is 74.8 cm³/mol. The summed E-state index contributed by atoms with van der Waals surface area (Å²) >= 11 is 0. The summed E-state index contributed by atoms with van der Waals surface area (Å²) in [6.45, 7) is 5.38. The van der Waals surface area contributed by atoms with E-state index in [2.05, 4.69) is 6.07 Å². The van der Waals surface area contributed by atoms with Crippen molar-refractivity contribution >= 4 is 17.0 Å². The lowest BCUT2D eigenvalue weighted by Crippen LogP contribution is -2.26. The van der Waals surface area contributed by atoms with Crippen LogP contribution in [0.2, 0.25) is 0 Å². The monoisotopic (exact) mass is 272 g/mol. The fraction of sp³-hybridized carbons (Fsp3) is 0.333. The molecule has 20 heavy (non-hydrogen) atoms. The maximum Gasteiger partial charge on any atom is 0.419 e. The molecule has 0 aliphatic rings. The average molecular weight is 272 g/mol. The first kappa shape index (κ1) is 13.9. The normalized spacial score (nSPS) is 11.2. The van der Waals surface area contributed by atoms with Crippen LogP contribution in [0.15, 0.2) is 24.4 Å². The molecule has 0 bridgehead atoms. The Labute approximate surface area is 117 Å². The Morgan fingerprint density at radius 2 is 2.05 bits per heavy atom. The average Bonchev–Trinajstić information content (AvgIpc) is 2.74. The van der Waals surface area contributed by atoms with Crippen molar-refractivity contribution in [3.63, 3.8) is 0 Å². The minimum atomic E-state index is -0.598. The number of carbonyl (C=O) groups is 1. The van der Waals surface area contributed by atoms with E-state index in [0.29, 0.717) is 22.2 Å². The van der Waals surface area contributed by atoms with Crippen LogP contribution in [0.3, 0.4) is 0 Å². The molecule has 0 spiro atoms. The summed E-state index contributed by atoms with van der Waals surface area (Å²) in [5.74, 6) is 0.616. The van der Waals surface area contributed by atoms with Crippen LogP contribution in [0.1, 0.15) is 26.3 Å². The zero-order chi connectivity index (χ0) is 14.9. The molecule has 2 rings (SSSR count). The second kappa shape index (κ2) is 4.89. The SMILES string of the molecule is COc1ccc2c(C#N)cn(C(=O)OC(C)(C)C)c2c1. The minimum Gasteiger partial charge on any atom is -0.497 e. The molecule has 0 fully saturated rings. The van der Waals surface area contributed by atoms with Gasteiger partial charge in [0.05, 0.1) is 18.2 Å². The highest BCUT2D eigenvalue weighted by atomic mass is 16.6. The van der Waals surface area contributed by atoms with Gasteiger partial charge in [-0.1, -0.05) is 0 Å². The summed E-state index contributed by atoms with van der Waals surface area (Å²) in [5, 5.41) is 9.84. The smallest absolute Gasteiger partial charge is 0.419 e. The van der Waals surface area contributed by atoms with Crippen LogP contribution in [0, 0.1) is 11.3 Å². The fourth-order valence-corrected chi connectivity index (χ4v) is 1.88. The van der Waals surface area contributed by atoms with Gasteiger partial charge in [-0.25, -0.2) is 4.79 Å². The fourth-order valence-electron chi connectivity index (χ4n) is 1.88. The van der Waals surface area contributed by atoms with Gasteiger partial charge in [-0.05, 0) is 32.9 Å². The highest BCUT2D eigenvalue weighted by Gasteiger charge is 2.21. The number of rotatable bonds is 1. The van der Waals surface area contributed by atoms with Gasteiger partial charge in [0.15, 0.2) is 0 Å². The number of carbonyl (C=O) groups excluding carboxylic acids is 1. The van der Waals surface area contributed by atoms with Gasteiger partial charge in [0.25, 0.3) is 0 Å². The lowest BCUT2D eigenvalue weighted by Gasteiger charge is -2.19. The van der Waals surface area contributed by atoms with Crippen molar-refractivity contribution in [2.75, 3.05) is 7.11 Å². The molecule has 0 atom stereocenters. The number of methoxy groups -OCH3 is 1. The molecule has 0 N–H and O–H groups in total. The van der Waals surface area contributed by atoms with Crippen molar-refractivity contribution in [3.8, 4) is 11.8 Å². The van der Waals surface area contributed by atoms with E-state index in [1.54, 1.807) is 46.1 Å². The van der Waals surface area contributed by atoms with Crippen LogP contribution in [-0.4, -0.2) is 23.4 Å². The van der Waals surface area contributed by atoms with E-state index in [1.807, 2.05) is 0 Å². The molecule has 0 saturated carbocycles. The summed E-state index contributed by atoms with van der Waals surface area (Å²) in [6, 6.07) is 7.29. The van der Waals surface area contributed by atoms with Gasteiger partial charge in [-0.2, -0.15) is 5.26 Å². The van der Waals surface area contributed by atoms with Crippen LogP contribution in [0.25, 0.3) is 10.9 Å². The Morgan fingerprint density at radius 3 is 2.60 bits per heavy atom. The summed E-state index contributed by atoms with van der Waals surface area (Å²) in [5.41, 5.74) is 0.419. The molecule has 104 valence electrons. The molecule has 0 unspecified atom stereocenters. The molecule has 0 aliphatic carbocycles. The Balaban J connectivity index is 2.58. The molecule has 0 aliphatic heterocycles. The zero-order valence-electron chi connectivity index (χ0n) is 11.9.